The minimum atomic E-state index is 0.0407. The van der Waals surface area contributed by atoms with Crippen LogP contribution in [0.4, 0.5) is 11.4 Å². The van der Waals surface area contributed by atoms with Crippen molar-refractivity contribution in [2.24, 2.45) is 0 Å². The van der Waals surface area contributed by atoms with Crippen molar-refractivity contribution in [3.05, 3.63) is 211 Å². The second-order valence-electron chi connectivity index (χ2n) is 14.4. The number of aromatic nitrogens is 4. The maximum absolute atomic E-state index is 5.21. The first-order valence-corrected chi connectivity index (χ1v) is 19.1. The van der Waals surface area contributed by atoms with E-state index in [1.807, 2.05) is 36.4 Å². The van der Waals surface area contributed by atoms with E-state index >= 15 is 0 Å². The Hall–Kier alpha value is -7.37. The maximum atomic E-state index is 5.21. The largest absolute Gasteiger partial charge is 0.333 e. The molecule has 0 amide bonds. The van der Waals surface area contributed by atoms with Crippen LogP contribution >= 0.6 is 0 Å². The molecule has 56 heavy (non-hydrogen) atoms. The molecule has 2 unspecified atom stereocenters. The summed E-state index contributed by atoms with van der Waals surface area (Å²) in [5.74, 6) is 2.02. The zero-order valence-electron chi connectivity index (χ0n) is 30.4. The molecule has 2 aliphatic rings. The normalized spacial score (nSPS) is 15.9. The third kappa shape index (κ3) is 5.20. The predicted molar refractivity (Wildman–Crippen MR) is 229 cm³/mol. The van der Waals surface area contributed by atoms with Gasteiger partial charge in [-0.25, -0.2) is 15.0 Å². The van der Waals surface area contributed by atoms with Gasteiger partial charge in [0.1, 0.15) is 0 Å². The van der Waals surface area contributed by atoms with Gasteiger partial charge in [-0.3, -0.25) is 0 Å². The van der Waals surface area contributed by atoms with Crippen molar-refractivity contribution in [3.8, 4) is 39.9 Å². The Morgan fingerprint density at radius 1 is 0.446 bits per heavy atom. The van der Waals surface area contributed by atoms with Crippen molar-refractivity contribution in [3.63, 3.8) is 0 Å². The lowest BCUT2D eigenvalue weighted by molar-refractivity contribution is 0.759. The van der Waals surface area contributed by atoms with Gasteiger partial charge < -0.3 is 9.47 Å². The molecule has 9 aromatic rings. The monoisotopic (exact) mass is 717 g/mol. The Balaban J connectivity index is 1.11. The average Bonchev–Trinajstić information content (AvgIpc) is 3.80. The molecule has 5 heteroatoms. The van der Waals surface area contributed by atoms with Gasteiger partial charge in [-0.2, -0.15) is 0 Å². The van der Waals surface area contributed by atoms with Crippen molar-refractivity contribution in [2.45, 2.75) is 12.0 Å². The summed E-state index contributed by atoms with van der Waals surface area (Å²) in [6, 6.07) is 64.2. The van der Waals surface area contributed by atoms with Crippen LogP contribution in [0, 0.1) is 0 Å². The first-order valence-electron chi connectivity index (χ1n) is 19.1. The lowest BCUT2D eigenvalue weighted by Crippen LogP contribution is -2.30. The number of hydrogen-bond acceptors (Lipinski definition) is 4. The molecule has 7 aromatic carbocycles. The van der Waals surface area contributed by atoms with Gasteiger partial charge in [0.2, 0.25) is 0 Å². The summed E-state index contributed by atoms with van der Waals surface area (Å²) in [5.41, 5.74) is 12.4. The van der Waals surface area contributed by atoms with Crippen LogP contribution in [0.3, 0.4) is 0 Å². The quantitative estimate of drug-likeness (QED) is 0.172. The third-order valence-electron chi connectivity index (χ3n) is 11.2. The van der Waals surface area contributed by atoms with Gasteiger partial charge in [-0.1, -0.05) is 152 Å². The highest BCUT2D eigenvalue weighted by Crippen LogP contribution is 2.55. The molecule has 1 aliphatic heterocycles. The Labute approximate surface area is 325 Å². The topological polar surface area (TPSA) is 46.8 Å². The zero-order valence-corrected chi connectivity index (χ0v) is 30.4. The molecular formula is C51H35N5. The second kappa shape index (κ2) is 13.2. The van der Waals surface area contributed by atoms with Crippen molar-refractivity contribution in [1.29, 1.82) is 0 Å². The lowest BCUT2D eigenvalue weighted by atomic mass is 9.80. The van der Waals surface area contributed by atoms with E-state index in [1.165, 1.54) is 38.5 Å². The lowest BCUT2D eigenvalue weighted by Gasteiger charge is -2.32. The van der Waals surface area contributed by atoms with Crippen LogP contribution in [-0.2, 0) is 0 Å². The smallest absolute Gasteiger partial charge is 0.166 e. The Morgan fingerprint density at radius 3 is 1.73 bits per heavy atom. The number of fused-ring (bicyclic) bond motifs is 6. The van der Waals surface area contributed by atoms with Gasteiger partial charge in [-0.05, 0) is 65.2 Å². The van der Waals surface area contributed by atoms with Crippen LogP contribution in [0.15, 0.2) is 200 Å². The van der Waals surface area contributed by atoms with Crippen molar-refractivity contribution >= 4 is 38.8 Å². The molecule has 0 saturated carbocycles. The van der Waals surface area contributed by atoms with Gasteiger partial charge in [0.15, 0.2) is 17.5 Å². The standard InChI is InChI=1S/C51H35N5/c1-5-17-34(18-6-1)49-52-50(35-19-7-2-8-20-35)54-51(53-49)42-28-15-27-41-47-39(26-16-30-46(47)56(48(41)42)38-23-11-4-12-24-38)36-31-32-45-43(33-36)40-25-13-14-29-44(40)55(45)37-21-9-3-10-22-37/h1-33,46-47H. The number of nitrogens with zero attached hydrogens (tertiary/aromatic N) is 5. The molecule has 0 spiro atoms. The highest BCUT2D eigenvalue weighted by Gasteiger charge is 2.43. The Kier molecular flexibility index (Phi) is 7.56. The van der Waals surface area contributed by atoms with Gasteiger partial charge in [0.05, 0.1) is 22.8 Å². The van der Waals surface area contributed by atoms with Crippen molar-refractivity contribution in [2.75, 3.05) is 4.90 Å². The van der Waals surface area contributed by atoms with Crippen LogP contribution in [-0.4, -0.2) is 25.6 Å². The van der Waals surface area contributed by atoms with E-state index in [4.69, 9.17) is 15.0 Å². The summed E-state index contributed by atoms with van der Waals surface area (Å²) >= 11 is 0. The molecule has 1 aliphatic carbocycles. The zero-order chi connectivity index (χ0) is 37.0. The van der Waals surface area contributed by atoms with E-state index in [1.54, 1.807) is 0 Å². The molecule has 264 valence electrons. The molecule has 0 radical (unpaired) electrons. The number of benzene rings is 7. The summed E-state index contributed by atoms with van der Waals surface area (Å²) in [7, 11) is 0. The number of para-hydroxylation sites is 4. The molecule has 5 nitrogen and oxygen atoms in total. The number of anilines is 2. The molecule has 3 heterocycles. The molecule has 0 N–H and O–H groups in total. The summed E-state index contributed by atoms with van der Waals surface area (Å²) in [6.07, 6.45) is 6.90. The van der Waals surface area contributed by atoms with Crippen molar-refractivity contribution in [1.82, 2.24) is 19.5 Å². The molecule has 2 aromatic heterocycles. The summed E-state index contributed by atoms with van der Waals surface area (Å²) in [4.78, 5) is 17.9. The average molecular weight is 718 g/mol. The SMILES string of the molecule is C1=CC2C(C(c3ccc4c(c3)c3ccccc3n4-c3ccccc3)=C1)c1cccc(-c3nc(-c4ccccc4)nc(-c4ccccc4)n3)c1N2c1ccccc1. The molecule has 0 bridgehead atoms. The van der Waals surface area contributed by atoms with Gasteiger partial charge in [0.25, 0.3) is 0 Å². The van der Waals surface area contributed by atoms with Gasteiger partial charge in [0, 0.05) is 44.8 Å². The van der Waals surface area contributed by atoms with E-state index in [2.05, 4.69) is 173 Å². The predicted octanol–water partition coefficient (Wildman–Crippen LogP) is 12.2. The fourth-order valence-corrected chi connectivity index (χ4v) is 8.77. The number of allylic oxidation sites excluding steroid dienone is 2. The second-order valence-corrected chi connectivity index (χ2v) is 14.4. The Bertz CT molecular complexity index is 2910. The van der Waals surface area contributed by atoms with Crippen molar-refractivity contribution < 1.29 is 0 Å². The molecular weight excluding hydrogens is 683 g/mol. The molecule has 0 fully saturated rings. The minimum Gasteiger partial charge on any atom is -0.333 e. The summed E-state index contributed by atoms with van der Waals surface area (Å²) in [6.45, 7) is 0. The first-order chi connectivity index (χ1) is 27.8. The van der Waals surface area contributed by atoms with Crippen LogP contribution in [0.1, 0.15) is 17.0 Å². The molecule has 11 rings (SSSR count). The van der Waals surface area contributed by atoms with E-state index in [0.29, 0.717) is 17.5 Å². The fraction of sp³-hybridized carbons (Fsp3) is 0.0392. The number of hydrogen-bond donors (Lipinski definition) is 0. The minimum absolute atomic E-state index is 0.0407. The molecule has 2 atom stereocenters. The number of rotatable bonds is 6. The fourth-order valence-electron chi connectivity index (χ4n) is 8.77. The van der Waals surface area contributed by atoms with E-state index in [0.717, 1.165) is 33.8 Å². The van der Waals surface area contributed by atoms with Gasteiger partial charge >= 0.3 is 0 Å². The molecule has 0 saturated heterocycles. The highest BCUT2D eigenvalue weighted by atomic mass is 15.2. The maximum Gasteiger partial charge on any atom is 0.166 e. The summed E-state index contributed by atoms with van der Waals surface area (Å²) < 4.78 is 2.38. The van der Waals surface area contributed by atoms with Crippen LogP contribution in [0.25, 0.3) is 67.2 Å². The first kappa shape index (κ1) is 32.1. The van der Waals surface area contributed by atoms with Crippen LogP contribution in [0.2, 0.25) is 0 Å². The van der Waals surface area contributed by atoms with E-state index in [9.17, 15) is 0 Å². The van der Waals surface area contributed by atoms with E-state index < -0.39 is 0 Å². The highest BCUT2D eigenvalue weighted by molar-refractivity contribution is 6.10. The van der Waals surface area contributed by atoms with Gasteiger partial charge in [-0.15, -0.1) is 0 Å². The third-order valence-corrected chi connectivity index (χ3v) is 11.2. The van der Waals surface area contributed by atoms with E-state index in [-0.39, 0.29) is 12.0 Å². The van der Waals surface area contributed by atoms with Crippen LogP contribution in [0.5, 0.6) is 0 Å². The summed E-state index contributed by atoms with van der Waals surface area (Å²) in [5, 5.41) is 2.49. The Morgan fingerprint density at radius 2 is 1.04 bits per heavy atom. The van der Waals surface area contributed by atoms with Crippen LogP contribution < -0.4 is 4.90 Å².